The van der Waals surface area contributed by atoms with Crippen molar-refractivity contribution in [2.75, 3.05) is 39.1 Å². The monoisotopic (exact) mass is 281 g/mol. The number of halogens is 1. The van der Waals surface area contributed by atoms with E-state index in [-0.39, 0.29) is 5.82 Å². The molecule has 0 aliphatic carbocycles. The van der Waals surface area contributed by atoms with Crippen LogP contribution in [-0.2, 0) is 6.54 Å². The van der Waals surface area contributed by atoms with Gasteiger partial charge in [0.2, 0.25) is 0 Å². The van der Waals surface area contributed by atoms with Gasteiger partial charge in [0.25, 0.3) is 0 Å². The van der Waals surface area contributed by atoms with Crippen LogP contribution < -0.4 is 10.2 Å². The normalized spacial score (nSPS) is 11.4. The summed E-state index contributed by atoms with van der Waals surface area (Å²) in [6.45, 7) is 6.76. The van der Waals surface area contributed by atoms with Crippen molar-refractivity contribution in [2.24, 2.45) is 0 Å². The van der Waals surface area contributed by atoms with Gasteiger partial charge in [-0.25, -0.2) is 4.39 Å². The van der Waals surface area contributed by atoms with E-state index in [1.165, 1.54) is 0 Å². The van der Waals surface area contributed by atoms with Crippen molar-refractivity contribution in [3.05, 3.63) is 29.6 Å². The van der Waals surface area contributed by atoms with Gasteiger partial charge in [-0.1, -0.05) is 19.9 Å². The standard InChI is InChI=1S/C16H28FN3/c1-13(2)18-12-14-7-8-16(15(17)11-14)20(5)10-6-9-19(3)4/h7-8,11,13,18H,6,9-10,12H2,1-5H3. The molecule has 0 fully saturated rings. The number of hydrogen-bond donors (Lipinski definition) is 1. The van der Waals surface area contributed by atoms with Crippen LogP contribution in [0.1, 0.15) is 25.8 Å². The van der Waals surface area contributed by atoms with Gasteiger partial charge >= 0.3 is 0 Å². The van der Waals surface area contributed by atoms with E-state index in [4.69, 9.17) is 0 Å². The van der Waals surface area contributed by atoms with Crippen LogP contribution in [0.3, 0.4) is 0 Å². The van der Waals surface area contributed by atoms with Crippen LogP contribution >= 0.6 is 0 Å². The molecule has 4 heteroatoms. The van der Waals surface area contributed by atoms with E-state index in [0.717, 1.165) is 25.1 Å². The molecule has 1 rings (SSSR count). The average molecular weight is 281 g/mol. The van der Waals surface area contributed by atoms with Crippen molar-refractivity contribution in [2.45, 2.75) is 32.9 Å². The molecule has 0 bridgehead atoms. The molecule has 0 aliphatic rings. The highest BCUT2D eigenvalue weighted by molar-refractivity contribution is 5.48. The summed E-state index contributed by atoms with van der Waals surface area (Å²) in [6.07, 6.45) is 1.03. The highest BCUT2D eigenvalue weighted by Crippen LogP contribution is 2.19. The first-order chi connectivity index (χ1) is 9.40. The topological polar surface area (TPSA) is 18.5 Å². The summed E-state index contributed by atoms with van der Waals surface area (Å²) in [7, 11) is 6.05. The third kappa shape index (κ3) is 5.88. The molecule has 3 nitrogen and oxygen atoms in total. The van der Waals surface area contributed by atoms with E-state index in [2.05, 4.69) is 38.2 Å². The maximum atomic E-state index is 14.1. The molecule has 0 aliphatic heterocycles. The van der Waals surface area contributed by atoms with Crippen LogP contribution in [0.25, 0.3) is 0 Å². The van der Waals surface area contributed by atoms with Gasteiger partial charge in [-0.2, -0.15) is 0 Å². The van der Waals surface area contributed by atoms with Crippen LogP contribution in [0.4, 0.5) is 10.1 Å². The molecule has 0 atom stereocenters. The molecule has 0 saturated heterocycles. The lowest BCUT2D eigenvalue weighted by Gasteiger charge is -2.21. The molecule has 114 valence electrons. The Morgan fingerprint density at radius 2 is 1.85 bits per heavy atom. The van der Waals surface area contributed by atoms with Crippen LogP contribution in [0.15, 0.2) is 18.2 Å². The van der Waals surface area contributed by atoms with E-state index in [9.17, 15) is 4.39 Å². The van der Waals surface area contributed by atoms with Gasteiger partial charge in [-0.05, 0) is 44.8 Å². The second kappa shape index (κ2) is 8.22. The van der Waals surface area contributed by atoms with E-state index in [1.807, 2.05) is 24.1 Å². The first-order valence-corrected chi connectivity index (χ1v) is 7.28. The van der Waals surface area contributed by atoms with Crippen molar-refractivity contribution in [3.63, 3.8) is 0 Å². The SMILES string of the molecule is CC(C)NCc1ccc(N(C)CCCN(C)C)c(F)c1. The average Bonchev–Trinajstić information content (AvgIpc) is 2.35. The molecule has 0 aromatic heterocycles. The summed E-state index contributed by atoms with van der Waals surface area (Å²) in [5, 5.41) is 3.30. The summed E-state index contributed by atoms with van der Waals surface area (Å²) in [6, 6.07) is 5.91. The Kier molecular flexibility index (Phi) is 6.96. The molecule has 20 heavy (non-hydrogen) atoms. The Labute approximate surface area is 122 Å². The number of nitrogens with zero attached hydrogens (tertiary/aromatic N) is 2. The van der Waals surface area contributed by atoms with Crippen molar-refractivity contribution < 1.29 is 4.39 Å². The summed E-state index contributed by atoms with van der Waals surface area (Å²) < 4.78 is 14.1. The van der Waals surface area contributed by atoms with Crippen LogP contribution in [0.2, 0.25) is 0 Å². The predicted octanol–water partition coefficient (Wildman–Crippen LogP) is 2.71. The maximum absolute atomic E-state index is 14.1. The number of anilines is 1. The minimum Gasteiger partial charge on any atom is -0.372 e. The van der Waals surface area contributed by atoms with Gasteiger partial charge in [-0.3, -0.25) is 0 Å². The Balaban J connectivity index is 2.58. The Bertz CT molecular complexity index is 405. The first kappa shape index (κ1) is 16.9. The van der Waals surface area contributed by atoms with Gasteiger partial charge < -0.3 is 15.1 Å². The zero-order valence-corrected chi connectivity index (χ0v) is 13.4. The largest absolute Gasteiger partial charge is 0.372 e. The summed E-state index contributed by atoms with van der Waals surface area (Å²) in [5.74, 6) is -0.139. The number of nitrogens with one attached hydrogen (secondary N) is 1. The molecule has 0 spiro atoms. The third-order valence-electron chi connectivity index (χ3n) is 3.24. The molecule has 1 aromatic rings. The van der Waals surface area contributed by atoms with Crippen LogP contribution in [0, 0.1) is 5.82 Å². The highest BCUT2D eigenvalue weighted by Gasteiger charge is 2.08. The number of hydrogen-bond acceptors (Lipinski definition) is 3. The minimum absolute atomic E-state index is 0.139. The lowest BCUT2D eigenvalue weighted by Crippen LogP contribution is -2.24. The summed E-state index contributed by atoms with van der Waals surface area (Å²) in [4.78, 5) is 4.13. The van der Waals surface area contributed by atoms with Crippen molar-refractivity contribution in [1.82, 2.24) is 10.2 Å². The van der Waals surface area contributed by atoms with E-state index >= 15 is 0 Å². The predicted molar refractivity (Wildman–Crippen MR) is 84.8 cm³/mol. The fourth-order valence-electron chi connectivity index (χ4n) is 2.04. The lowest BCUT2D eigenvalue weighted by atomic mass is 10.1. The molecule has 1 N–H and O–H groups in total. The van der Waals surface area contributed by atoms with Crippen molar-refractivity contribution in [1.29, 1.82) is 0 Å². The fourth-order valence-corrected chi connectivity index (χ4v) is 2.04. The second-order valence-electron chi connectivity index (χ2n) is 5.90. The molecule has 0 heterocycles. The summed E-state index contributed by atoms with van der Waals surface area (Å²) in [5.41, 5.74) is 1.67. The van der Waals surface area contributed by atoms with Gasteiger partial charge in [0, 0.05) is 26.2 Å². The van der Waals surface area contributed by atoms with E-state index in [1.54, 1.807) is 6.07 Å². The van der Waals surface area contributed by atoms with Crippen molar-refractivity contribution in [3.8, 4) is 0 Å². The fraction of sp³-hybridized carbons (Fsp3) is 0.625. The van der Waals surface area contributed by atoms with E-state index < -0.39 is 0 Å². The zero-order chi connectivity index (χ0) is 15.1. The Morgan fingerprint density at radius 3 is 2.40 bits per heavy atom. The quantitative estimate of drug-likeness (QED) is 0.790. The Hall–Kier alpha value is -1.13. The molecule has 0 unspecified atom stereocenters. The van der Waals surface area contributed by atoms with E-state index in [0.29, 0.717) is 18.3 Å². The number of rotatable bonds is 8. The van der Waals surface area contributed by atoms with Gasteiger partial charge in [-0.15, -0.1) is 0 Å². The highest BCUT2D eigenvalue weighted by atomic mass is 19.1. The third-order valence-corrected chi connectivity index (χ3v) is 3.24. The minimum atomic E-state index is -0.139. The Morgan fingerprint density at radius 1 is 1.15 bits per heavy atom. The van der Waals surface area contributed by atoms with Gasteiger partial charge in [0.05, 0.1) is 5.69 Å². The maximum Gasteiger partial charge on any atom is 0.146 e. The smallest absolute Gasteiger partial charge is 0.146 e. The second-order valence-corrected chi connectivity index (χ2v) is 5.90. The van der Waals surface area contributed by atoms with Crippen LogP contribution in [0.5, 0.6) is 0 Å². The lowest BCUT2D eigenvalue weighted by molar-refractivity contribution is 0.401. The number of benzene rings is 1. The zero-order valence-electron chi connectivity index (χ0n) is 13.4. The molecule has 0 radical (unpaired) electrons. The van der Waals surface area contributed by atoms with Crippen LogP contribution in [-0.4, -0.2) is 45.2 Å². The molecular weight excluding hydrogens is 253 g/mol. The van der Waals surface area contributed by atoms with Gasteiger partial charge in [0.15, 0.2) is 0 Å². The molecular formula is C16H28FN3. The molecule has 1 aromatic carbocycles. The molecule has 0 amide bonds. The summed E-state index contributed by atoms with van der Waals surface area (Å²) >= 11 is 0. The van der Waals surface area contributed by atoms with Crippen molar-refractivity contribution >= 4 is 5.69 Å². The van der Waals surface area contributed by atoms with Gasteiger partial charge in [0.1, 0.15) is 5.82 Å². The molecule has 0 saturated carbocycles. The first-order valence-electron chi connectivity index (χ1n) is 7.28.